The maximum atomic E-state index is 10.6. The van der Waals surface area contributed by atoms with Crippen LogP contribution in [-0.2, 0) is 9.59 Å². The molecule has 0 saturated heterocycles. The zero-order valence-corrected chi connectivity index (χ0v) is 10.7. The van der Waals surface area contributed by atoms with Crippen molar-refractivity contribution in [2.24, 2.45) is 0 Å². The molecule has 0 aromatic heterocycles. The van der Waals surface area contributed by atoms with Crippen molar-refractivity contribution >= 4 is 27.9 Å². The Morgan fingerprint density at radius 2 is 2.00 bits per heavy atom. The molecule has 0 heterocycles. The van der Waals surface area contributed by atoms with Gasteiger partial charge in [0.15, 0.2) is 5.76 Å². The highest BCUT2D eigenvalue weighted by Gasteiger charge is 2.07. The van der Waals surface area contributed by atoms with Crippen LogP contribution in [0.4, 0.5) is 0 Å². The van der Waals surface area contributed by atoms with Crippen molar-refractivity contribution in [2.75, 3.05) is 7.11 Å². The Hall–Kier alpha value is -2.02. The van der Waals surface area contributed by atoms with Gasteiger partial charge in [0.1, 0.15) is 17.5 Å². The summed E-state index contributed by atoms with van der Waals surface area (Å²) in [7, 11) is 1.46. The summed E-state index contributed by atoms with van der Waals surface area (Å²) < 4.78 is 10.2. The third-order valence-corrected chi connectivity index (χ3v) is 2.43. The third-order valence-electron chi connectivity index (χ3n) is 1.81. The van der Waals surface area contributed by atoms with Crippen LogP contribution in [0, 0.1) is 0 Å². The molecule has 0 aliphatic heterocycles. The average Bonchev–Trinajstić information content (AvgIpc) is 2.29. The molecule has 18 heavy (non-hydrogen) atoms. The number of rotatable bonds is 5. The van der Waals surface area contributed by atoms with Crippen LogP contribution in [0.25, 0.3) is 0 Å². The van der Waals surface area contributed by atoms with E-state index in [-0.39, 0.29) is 5.75 Å². The maximum Gasteiger partial charge on any atom is 0.151 e. The van der Waals surface area contributed by atoms with Crippen LogP contribution in [0.5, 0.6) is 11.5 Å². The van der Waals surface area contributed by atoms with Gasteiger partial charge in [-0.1, -0.05) is 0 Å². The van der Waals surface area contributed by atoms with E-state index in [9.17, 15) is 19.8 Å². The van der Waals surface area contributed by atoms with E-state index in [1.165, 1.54) is 25.3 Å². The lowest BCUT2D eigenvalue weighted by Gasteiger charge is -2.13. The highest BCUT2D eigenvalue weighted by atomic mass is 79.9. The van der Waals surface area contributed by atoms with Gasteiger partial charge in [-0.05, 0) is 34.1 Å². The molecule has 0 bridgehead atoms. The molecule has 0 radical (unpaired) electrons. The van der Waals surface area contributed by atoms with Crippen LogP contribution in [0.15, 0.2) is 34.5 Å². The number of methoxy groups -OCH3 is 1. The second-order valence-electron chi connectivity index (χ2n) is 3.01. The largest absolute Gasteiger partial charge is 0.545 e. The number of carboxylic acid groups (broad SMARTS) is 2. The van der Waals surface area contributed by atoms with Gasteiger partial charge in [0.2, 0.25) is 0 Å². The Bertz CT molecular complexity index is 508. The lowest BCUT2D eigenvalue weighted by atomic mass is 10.3. The number of aliphatic carboxylic acids is 2. The fraction of sp³-hybridized carbons (Fsp3) is 0.0909. The molecule has 0 atom stereocenters. The molecular formula is C11H7BrO6-2. The predicted octanol–water partition coefficient (Wildman–Crippen LogP) is -0.780. The van der Waals surface area contributed by atoms with E-state index in [0.717, 1.165) is 0 Å². The summed E-state index contributed by atoms with van der Waals surface area (Å²) in [5.41, 5.74) is 0. The SMILES string of the molecule is COc1ccc(O/C(=C/C(=O)[O-])C(=O)[O-])c(Br)c1. The van der Waals surface area contributed by atoms with E-state index in [1.807, 2.05) is 0 Å². The molecule has 0 spiro atoms. The zero-order valence-electron chi connectivity index (χ0n) is 9.14. The van der Waals surface area contributed by atoms with Crippen LogP contribution in [0.1, 0.15) is 0 Å². The number of hydrogen-bond donors (Lipinski definition) is 0. The highest BCUT2D eigenvalue weighted by Crippen LogP contribution is 2.30. The number of benzene rings is 1. The van der Waals surface area contributed by atoms with Crippen molar-refractivity contribution in [1.29, 1.82) is 0 Å². The lowest BCUT2D eigenvalue weighted by molar-refractivity contribution is -0.305. The molecule has 1 rings (SSSR count). The topological polar surface area (TPSA) is 98.7 Å². The molecule has 0 amide bonds. The second-order valence-corrected chi connectivity index (χ2v) is 3.87. The van der Waals surface area contributed by atoms with Crippen LogP contribution in [-0.4, -0.2) is 19.0 Å². The van der Waals surface area contributed by atoms with Crippen molar-refractivity contribution in [3.8, 4) is 11.5 Å². The van der Waals surface area contributed by atoms with Gasteiger partial charge < -0.3 is 29.3 Å². The first-order valence-corrected chi connectivity index (χ1v) is 5.38. The first-order chi connectivity index (χ1) is 8.43. The number of carbonyl (C=O) groups excluding carboxylic acids is 2. The Morgan fingerprint density at radius 1 is 1.33 bits per heavy atom. The minimum atomic E-state index is -1.76. The lowest BCUT2D eigenvalue weighted by Crippen LogP contribution is -2.30. The maximum absolute atomic E-state index is 10.6. The monoisotopic (exact) mass is 314 g/mol. The number of carbonyl (C=O) groups is 2. The summed E-state index contributed by atoms with van der Waals surface area (Å²) in [4.78, 5) is 20.9. The molecule has 96 valence electrons. The second kappa shape index (κ2) is 6.06. The van der Waals surface area contributed by atoms with Crippen LogP contribution in [0.3, 0.4) is 0 Å². The normalized spacial score (nSPS) is 10.9. The average molecular weight is 315 g/mol. The first-order valence-electron chi connectivity index (χ1n) is 4.59. The van der Waals surface area contributed by atoms with Crippen LogP contribution < -0.4 is 19.7 Å². The summed E-state index contributed by atoms with van der Waals surface area (Å²) in [5, 5.41) is 20.9. The third kappa shape index (κ3) is 3.77. The number of hydrogen-bond acceptors (Lipinski definition) is 6. The molecule has 0 aliphatic rings. The number of ether oxygens (including phenoxy) is 2. The van der Waals surface area contributed by atoms with Crippen molar-refractivity contribution in [3.63, 3.8) is 0 Å². The van der Waals surface area contributed by atoms with E-state index in [0.29, 0.717) is 16.3 Å². The Morgan fingerprint density at radius 3 is 2.44 bits per heavy atom. The van der Waals surface area contributed by atoms with Gasteiger partial charge in [0.25, 0.3) is 0 Å². The zero-order chi connectivity index (χ0) is 13.7. The molecule has 1 aromatic carbocycles. The van der Waals surface area contributed by atoms with E-state index in [1.54, 1.807) is 0 Å². The quantitative estimate of drug-likeness (QED) is 0.522. The standard InChI is InChI=1S/C11H9BrO6/c1-17-6-2-3-8(7(12)4-6)18-9(11(15)16)5-10(13)14/h2-5H,1H3,(H,13,14)(H,15,16)/p-2/b9-5+. The fourth-order valence-electron chi connectivity index (χ4n) is 1.05. The first kappa shape index (κ1) is 14.0. The summed E-state index contributed by atoms with van der Waals surface area (Å²) in [5.74, 6) is -3.69. The molecule has 1 aromatic rings. The summed E-state index contributed by atoms with van der Waals surface area (Å²) in [6, 6.07) is 4.46. The van der Waals surface area contributed by atoms with Crippen LogP contribution in [0.2, 0.25) is 0 Å². The molecule has 0 saturated carbocycles. The minimum absolute atomic E-state index is 0.104. The van der Waals surface area contributed by atoms with Crippen molar-refractivity contribution in [2.45, 2.75) is 0 Å². The van der Waals surface area contributed by atoms with Gasteiger partial charge in [-0.25, -0.2) is 0 Å². The highest BCUT2D eigenvalue weighted by molar-refractivity contribution is 9.10. The smallest absolute Gasteiger partial charge is 0.151 e. The van der Waals surface area contributed by atoms with Crippen molar-refractivity contribution in [3.05, 3.63) is 34.5 Å². The van der Waals surface area contributed by atoms with Gasteiger partial charge in [-0.2, -0.15) is 0 Å². The number of carboxylic acids is 2. The van der Waals surface area contributed by atoms with Gasteiger partial charge in [0, 0.05) is 6.08 Å². The van der Waals surface area contributed by atoms with Crippen molar-refractivity contribution < 1.29 is 29.3 Å². The molecule has 7 heteroatoms. The van der Waals surface area contributed by atoms with Gasteiger partial charge in [-0.15, -0.1) is 0 Å². The molecule has 0 unspecified atom stereocenters. The Balaban J connectivity index is 3.02. The van der Waals surface area contributed by atoms with Gasteiger partial charge in [-0.3, -0.25) is 0 Å². The van der Waals surface area contributed by atoms with E-state index in [4.69, 9.17) is 9.47 Å². The van der Waals surface area contributed by atoms with E-state index in [2.05, 4.69) is 15.9 Å². The summed E-state index contributed by atoms with van der Waals surface area (Å²) in [6.07, 6.45) is 0.298. The minimum Gasteiger partial charge on any atom is -0.545 e. The summed E-state index contributed by atoms with van der Waals surface area (Å²) in [6.45, 7) is 0. The Kier molecular flexibility index (Phi) is 4.73. The predicted molar refractivity (Wildman–Crippen MR) is 59.4 cm³/mol. The van der Waals surface area contributed by atoms with Crippen LogP contribution >= 0.6 is 15.9 Å². The molecule has 6 nitrogen and oxygen atoms in total. The van der Waals surface area contributed by atoms with E-state index >= 15 is 0 Å². The van der Waals surface area contributed by atoms with Crippen molar-refractivity contribution in [1.82, 2.24) is 0 Å². The molecule has 0 aliphatic carbocycles. The molecule has 0 N–H and O–H groups in total. The van der Waals surface area contributed by atoms with Gasteiger partial charge in [0.05, 0.1) is 17.6 Å². The summed E-state index contributed by atoms with van der Waals surface area (Å²) >= 11 is 3.12. The Labute approximate surface area is 111 Å². The van der Waals surface area contributed by atoms with E-state index < -0.39 is 17.7 Å². The molecular weight excluding hydrogens is 308 g/mol. The molecule has 0 fully saturated rings. The van der Waals surface area contributed by atoms with Gasteiger partial charge >= 0.3 is 0 Å². The fourth-order valence-corrected chi connectivity index (χ4v) is 1.49. The number of halogens is 1.